The third kappa shape index (κ3) is 3.28. The van der Waals surface area contributed by atoms with Crippen molar-refractivity contribution >= 4 is 8.25 Å². The first-order valence-corrected chi connectivity index (χ1v) is 5.19. The topological polar surface area (TPSA) is 35.5 Å². The Morgan fingerprint density at radius 2 is 2.36 bits per heavy atom. The molecule has 2 atom stereocenters. The van der Waals surface area contributed by atoms with Crippen LogP contribution in [0.3, 0.4) is 0 Å². The highest BCUT2D eigenvalue weighted by Crippen LogP contribution is 2.34. The van der Waals surface area contributed by atoms with Gasteiger partial charge in [-0.1, -0.05) is 26.2 Å². The lowest BCUT2D eigenvalue weighted by Gasteiger charge is -1.98. The first kappa shape index (κ1) is 9.11. The van der Waals surface area contributed by atoms with E-state index < -0.39 is 8.25 Å². The van der Waals surface area contributed by atoms with Crippen LogP contribution in [0.25, 0.3) is 0 Å². The molecule has 11 heavy (non-hydrogen) atoms. The molecule has 4 heteroatoms. The molecule has 1 aliphatic heterocycles. The Morgan fingerprint density at radius 1 is 1.55 bits per heavy atom. The second kappa shape index (κ2) is 4.81. The summed E-state index contributed by atoms with van der Waals surface area (Å²) in [5, 5.41) is 0. The predicted molar refractivity (Wildman–Crippen MR) is 42.6 cm³/mol. The molecule has 0 aromatic heterocycles. The summed E-state index contributed by atoms with van der Waals surface area (Å²) >= 11 is 0. The average Bonchev–Trinajstić information content (AvgIpc) is 2.37. The third-order valence-electron chi connectivity index (χ3n) is 1.73. The Morgan fingerprint density at radius 3 is 2.91 bits per heavy atom. The number of rotatable bonds is 4. The summed E-state index contributed by atoms with van der Waals surface area (Å²) in [7, 11) is -1.78. The first-order chi connectivity index (χ1) is 5.33. The highest BCUT2D eigenvalue weighted by atomic mass is 31.1. The first-order valence-electron chi connectivity index (χ1n) is 4.10. The van der Waals surface area contributed by atoms with Gasteiger partial charge in [0.15, 0.2) is 0 Å². The molecule has 0 bridgehead atoms. The molecule has 2 unspecified atom stereocenters. The lowest BCUT2D eigenvalue weighted by atomic mass is 10.1. The van der Waals surface area contributed by atoms with Gasteiger partial charge in [0.1, 0.15) is 12.7 Å². The van der Waals surface area contributed by atoms with Crippen molar-refractivity contribution in [2.24, 2.45) is 0 Å². The molecule has 0 radical (unpaired) electrons. The van der Waals surface area contributed by atoms with Crippen LogP contribution in [-0.4, -0.2) is 12.7 Å². The van der Waals surface area contributed by atoms with Crippen molar-refractivity contribution in [2.75, 3.05) is 6.61 Å². The zero-order valence-corrected chi connectivity index (χ0v) is 7.68. The molecule has 0 saturated carbocycles. The number of unbranched alkanes of at least 4 members (excludes halogenated alkanes) is 2. The monoisotopic (exact) mass is 177 g/mol. The van der Waals surface area contributed by atoms with Crippen molar-refractivity contribution < 1.29 is 13.6 Å². The summed E-state index contributed by atoms with van der Waals surface area (Å²) in [5.41, 5.74) is 0. The average molecular weight is 177 g/mol. The Hall–Kier alpha value is 0.0200. The number of hydrogen-bond acceptors (Lipinski definition) is 3. The third-order valence-corrected chi connectivity index (χ3v) is 2.56. The van der Waals surface area contributed by atoms with Crippen molar-refractivity contribution in [3.63, 3.8) is 0 Å². The minimum Gasteiger partial charge on any atom is -0.116 e. The summed E-state index contributed by atoms with van der Waals surface area (Å²) in [6.45, 7) is 2.67. The molecular weight excluding hydrogens is 163 g/mol. The molecule has 0 spiro atoms. The standard InChI is InChI=1S/C7H14O3P/c1-2-3-4-5-7-6-9-11(8)10-7/h7H,2-6H2,1H3/q+1. The van der Waals surface area contributed by atoms with Gasteiger partial charge in [0, 0.05) is 4.57 Å². The van der Waals surface area contributed by atoms with Crippen molar-refractivity contribution in [1.29, 1.82) is 0 Å². The summed E-state index contributed by atoms with van der Waals surface area (Å²) in [4.78, 5) is 0. The molecule has 0 aliphatic carbocycles. The van der Waals surface area contributed by atoms with Crippen LogP contribution in [0.15, 0.2) is 0 Å². The lowest BCUT2D eigenvalue weighted by molar-refractivity contribution is 0.220. The summed E-state index contributed by atoms with van der Waals surface area (Å²) in [5.74, 6) is 0. The smallest absolute Gasteiger partial charge is 0.116 e. The summed E-state index contributed by atoms with van der Waals surface area (Å²) < 4.78 is 20.4. The van der Waals surface area contributed by atoms with Crippen LogP contribution >= 0.6 is 8.25 Å². The number of hydrogen-bond donors (Lipinski definition) is 0. The van der Waals surface area contributed by atoms with Crippen LogP contribution in [-0.2, 0) is 13.6 Å². The Kier molecular flexibility index (Phi) is 3.98. The van der Waals surface area contributed by atoms with E-state index in [1.54, 1.807) is 0 Å². The molecule has 1 fully saturated rings. The maximum atomic E-state index is 10.6. The maximum Gasteiger partial charge on any atom is 0.697 e. The van der Waals surface area contributed by atoms with Gasteiger partial charge in [-0.2, -0.15) is 0 Å². The molecule has 64 valence electrons. The second-order valence-electron chi connectivity index (χ2n) is 2.74. The normalized spacial score (nSPS) is 27.7. The van der Waals surface area contributed by atoms with Gasteiger partial charge in [0.2, 0.25) is 0 Å². The fourth-order valence-corrected chi connectivity index (χ4v) is 1.84. The molecule has 1 rings (SSSR count). The van der Waals surface area contributed by atoms with Crippen LogP contribution < -0.4 is 0 Å². The van der Waals surface area contributed by atoms with E-state index in [4.69, 9.17) is 9.05 Å². The van der Waals surface area contributed by atoms with Crippen molar-refractivity contribution in [1.82, 2.24) is 0 Å². The molecule has 1 heterocycles. The van der Waals surface area contributed by atoms with E-state index in [2.05, 4.69) is 6.92 Å². The van der Waals surface area contributed by atoms with E-state index >= 15 is 0 Å². The zero-order chi connectivity index (χ0) is 8.10. The molecule has 0 amide bonds. The molecule has 0 aromatic rings. The van der Waals surface area contributed by atoms with Crippen LogP contribution in [0, 0.1) is 0 Å². The second-order valence-corrected chi connectivity index (χ2v) is 3.66. The van der Waals surface area contributed by atoms with Crippen LogP contribution in [0.1, 0.15) is 32.6 Å². The van der Waals surface area contributed by atoms with Gasteiger partial charge < -0.3 is 0 Å². The van der Waals surface area contributed by atoms with Crippen molar-refractivity contribution in [3.8, 4) is 0 Å². The SMILES string of the molecule is CCCCCC1CO[P+](=O)O1. The van der Waals surface area contributed by atoms with Crippen LogP contribution in [0.5, 0.6) is 0 Å². The van der Waals surface area contributed by atoms with E-state index in [-0.39, 0.29) is 6.10 Å². The van der Waals surface area contributed by atoms with Gasteiger partial charge in [-0.05, 0) is 6.42 Å². The zero-order valence-electron chi connectivity index (χ0n) is 6.78. The Labute approximate surface area is 68.0 Å². The van der Waals surface area contributed by atoms with Gasteiger partial charge in [0.25, 0.3) is 0 Å². The minimum atomic E-state index is -1.78. The molecule has 1 aliphatic rings. The van der Waals surface area contributed by atoms with E-state index in [0.717, 1.165) is 12.8 Å². The van der Waals surface area contributed by atoms with Gasteiger partial charge in [-0.3, -0.25) is 0 Å². The highest BCUT2D eigenvalue weighted by Gasteiger charge is 2.36. The molecule has 1 saturated heterocycles. The maximum absolute atomic E-state index is 10.6. The minimum absolute atomic E-state index is 0.0881. The predicted octanol–water partition coefficient (Wildman–Crippen LogP) is 2.64. The fraction of sp³-hybridized carbons (Fsp3) is 1.00. The molecule has 0 N–H and O–H groups in total. The van der Waals surface area contributed by atoms with Crippen molar-refractivity contribution in [2.45, 2.75) is 38.7 Å². The van der Waals surface area contributed by atoms with Crippen molar-refractivity contribution in [3.05, 3.63) is 0 Å². The van der Waals surface area contributed by atoms with Gasteiger partial charge >= 0.3 is 8.25 Å². The molecule has 3 nitrogen and oxygen atoms in total. The molecular formula is C7H14O3P+. The van der Waals surface area contributed by atoms with Crippen LogP contribution in [0.4, 0.5) is 0 Å². The van der Waals surface area contributed by atoms with E-state index in [1.807, 2.05) is 0 Å². The summed E-state index contributed by atoms with van der Waals surface area (Å²) in [6.07, 6.45) is 4.64. The summed E-state index contributed by atoms with van der Waals surface area (Å²) in [6, 6.07) is 0. The quantitative estimate of drug-likeness (QED) is 0.489. The van der Waals surface area contributed by atoms with E-state index in [9.17, 15) is 4.57 Å². The van der Waals surface area contributed by atoms with E-state index in [0.29, 0.717) is 6.61 Å². The Balaban J connectivity index is 2.04. The highest BCUT2D eigenvalue weighted by molar-refractivity contribution is 7.33. The molecule has 0 aromatic carbocycles. The van der Waals surface area contributed by atoms with E-state index in [1.165, 1.54) is 12.8 Å². The van der Waals surface area contributed by atoms with Gasteiger partial charge in [-0.15, -0.1) is 9.05 Å². The van der Waals surface area contributed by atoms with Gasteiger partial charge in [0.05, 0.1) is 0 Å². The fourth-order valence-electron chi connectivity index (χ4n) is 1.08. The van der Waals surface area contributed by atoms with Gasteiger partial charge in [-0.25, -0.2) is 0 Å². The van der Waals surface area contributed by atoms with Crippen LogP contribution in [0.2, 0.25) is 0 Å². The Bertz CT molecular complexity index is 138. The largest absolute Gasteiger partial charge is 0.697 e. The lowest BCUT2D eigenvalue weighted by Crippen LogP contribution is -2.07.